The quantitative estimate of drug-likeness (QED) is 0.577. The summed E-state index contributed by atoms with van der Waals surface area (Å²) in [5, 5.41) is 6.79. The summed E-state index contributed by atoms with van der Waals surface area (Å²) in [5.41, 5.74) is 1.23. The number of nitrogens with zero attached hydrogens (tertiary/aromatic N) is 2. The molecule has 0 bridgehead atoms. The number of guanidine groups is 1. The van der Waals surface area contributed by atoms with Gasteiger partial charge in [-0.25, -0.2) is 0 Å². The van der Waals surface area contributed by atoms with Crippen LogP contribution < -0.4 is 15.4 Å². The molecule has 144 valence electrons. The van der Waals surface area contributed by atoms with E-state index >= 15 is 0 Å². The summed E-state index contributed by atoms with van der Waals surface area (Å²) < 4.78 is 5.54. The zero-order valence-corrected chi connectivity index (χ0v) is 16.4. The first-order chi connectivity index (χ1) is 12.5. The van der Waals surface area contributed by atoms with Crippen molar-refractivity contribution in [3.05, 3.63) is 29.8 Å². The molecule has 1 unspecified atom stereocenters. The molecule has 6 heteroatoms. The minimum absolute atomic E-state index is 0.0543. The summed E-state index contributed by atoms with van der Waals surface area (Å²) in [6, 6.07) is 8.43. The molecule has 1 atom stereocenters. The Hall–Kier alpha value is -2.24. The van der Waals surface area contributed by atoms with Gasteiger partial charge in [0.1, 0.15) is 5.75 Å². The van der Waals surface area contributed by atoms with E-state index in [4.69, 9.17) is 4.74 Å². The van der Waals surface area contributed by atoms with Crippen molar-refractivity contribution in [2.24, 2.45) is 10.9 Å². The molecule has 1 fully saturated rings. The second kappa shape index (κ2) is 10.0. The molecule has 0 aliphatic carbocycles. The van der Waals surface area contributed by atoms with E-state index in [1.165, 1.54) is 5.56 Å². The summed E-state index contributed by atoms with van der Waals surface area (Å²) in [7, 11) is 1.77. The van der Waals surface area contributed by atoms with E-state index in [2.05, 4.69) is 27.8 Å². The van der Waals surface area contributed by atoms with E-state index in [-0.39, 0.29) is 17.9 Å². The van der Waals surface area contributed by atoms with Gasteiger partial charge in [-0.15, -0.1) is 0 Å². The van der Waals surface area contributed by atoms with Crippen LogP contribution in [-0.2, 0) is 11.2 Å². The zero-order chi connectivity index (χ0) is 18.9. The molecule has 1 amide bonds. The summed E-state index contributed by atoms with van der Waals surface area (Å²) in [5.74, 6) is 1.98. The van der Waals surface area contributed by atoms with Gasteiger partial charge in [0.15, 0.2) is 5.96 Å². The summed E-state index contributed by atoms with van der Waals surface area (Å²) in [6.45, 7) is 8.91. The van der Waals surface area contributed by atoms with Gasteiger partial charge in [0, 0.05) is 38.6 Å². The van der Waals surface area contributed by atoms with E-state index in [0.717, 1.165) is 44.2 Å². The fourth-order valence-corrected chi connectivity index (χ4v) is 3.11. The Labute approximate surface area is 157 Å². The van der Waals surface area contributed by atoms with Gasteiger partial charge in [0.05, 0.1) is 6.61 Å². The van der Waals surface area contributed by atoms with Gasteiger partial charge in [-0.1, -0.05) is 26.0 Å². The highest BCUT2D eigenvalue weighted by Gasteiger charge is 2.27. The largest absolute Gasteiger partial charge is 0.494 e. The number of amides is 1. The first-order valence-corrected chi connectivity index (χ1v) is 9.51. The normalized spacial score (nSPS) is 17.5. The molecule has 26 heavy (non-hydrogen) atoms. The molecule has 0 saturated carbocycles. The number of hydrogen-bond donors (Lipinski definition) is 2. The molecule has 0 spiro atoms. The monoisotopic (exact) mass is 360 g/mol. The molecule has 1 aliphatic rings. The lowest BCUT2D eigenvalue weighted by Gasteiger charge is -2.20. The number of carbonyl (C=O) groups is 1. The van der Waals surface area contributed by atoms with Crippen molar-refractivity contribution in [3.63, 3.8) is 0 Å². The van der Waals surface area contributed by atoms with Gasteiger partial charge < -0.3 is 20.3 Å². The molecule has 2 rings (SSSR count). The van der Waals surface area contributed by atoms with Crippen LogP contribution in [0, 0.1) is 5.92 Å². The van der Waals surface area contributed by atoms with Gasteiger partial charge in [0.25, 0.3) is 0 Å². The lowest BCUT2D eigenvalue weighted by molar-refractivity contribution is -0.133. The van der Waals surface area contributed by atoms with Crippen LogP contribution in [-0.4, -0.2) is 56.1 Å². The lowest BCUT2D eigenvalue weighted by Crippen LogP contribution is -2.45. The topological polar surface area (TPSA) is 66.0 Å². The summed E-state index contributed by atoms with van der Waals surface area (Å²) >= 11 is 0. The fourth-order valence-electron chi connectivity index (χ4n) is 3.11. The molecular formula is C20H32N4O2. The van der Waals surface area contributed by atoms with Gasteiger partial charge in [-0.3, -0.25) is 9.79 Å². The molecular weight excluding hydrogens is 328 g/mol. The van der Waals surface area contributed by atoms with Crippen LogP contribution in [0.4, 0.5) is 0 Å². The zero-order valence-electron chi connectivity index (χ0n) is 16.4. The maximum absolute atomic E-state index is 12.1. The maximum Gasteiger partial charge on any atom is 0.225 e. The van der Waals surface area contributed by atoms with Crippen molar-refractivity contribution >= 4 is 11.9 Å². The highest BCUT2D eigenvalue weighted by Crippen LogP contribution is 2.14. The maximum atomic E-state index is 12.1. The predicted octanol–water partition coefficient (Wildman–Crippen LogP) is 2.05. The Bertz CT molecular complexity index is 616. The summed E-state index contributed by atoms with van der Waals surface area (Å²) in [4.78, 5) is 18.3. The molecule has 0 radical (unpaired) electrons. The van der Waals surface area contributed by atoms with Crippen molar-refractivity contribution in [2.45, 2.75) is 39.7 Å². The van der Waals surface area contributed by atoms with E-state index in [9.17, 15) is 4.79 Å². The standard InChI is InChI=1S/C20H32N4O2/c1-5-26-18-8-6-7-16(13-18)9-11-22-20(21-4)23-17-10-12-24(14-17)19(25)15(2)3/h6-8,13,15,17H,5,9-12,14H2,1-4H3,(H2,21,22,23). The van der Waals surface area contributed by atoms with Crippen molar-refractivity contribution in [1.82, 2.24) is 15.5 Å². The highest BCUT2D eigenvalue weighted by molar-refractivity contribution is 5.81. The Morgan fingerprint density at radius 1 is 1.42 bits per heavy atom. The molecule has 0 aromatic heterocycles. The average molecular weight is 361 g/mol. The number of nitrogens with one attached hydrogen (secondary N) is 2. The molecule has 1 aromatic carbocycles. The van der Waals surface area contributed by atoms with Crippen LogP contribution >= 0.6 is 0 Å². The SMILES string of the molecule is CCOc1cccc(CCNC(=NC)NC2CCN(C(=O)C(C)C)C2)c1. The number of rotatable bonds is 7. The molecule has 1 heterocycles. The van der Waals surface area contributed by atoms with Crippen LogP contribution in [0.25, 0.3) is 0 Å². The molecule has 2 N–H and O–H groups in total. The average Bonchev–Trinajstić information content (AvgIpc) is 3.09. The van der Waals surface area contributed by atoms with E-state index < -0.39 is 0 Å². The van der Waals surface area contributed by atoms with E-state index in [0.29, 0.717) is 6.61 Å². The number of hydrogen-bond acceptors (Lipinski definition) is 3. The third-order valence-corrected chi connectivity index (χ3v) is 4.47. The smallest absolute Gasteiger partial charge is 0.225 e. The van der Waals surface area contributed by atoms with Crippen molar-refractivity contribution in [3.8, 4) is 5.75 Å². The fraction of sp³-hybridized carbons (Fsp3) is 0.600. The predicted molar refractivity (Wildman–Crippen MR) is 106 cm³/mol. The lowest BCUT2D eigenvalue weighted by atomic mass is 10.1. The van der Waals surface area contributed by atoms with Crippen LogP contribution in [0.15, 0.2) is 29.3 Å². The molecule has 1 saturated heterocycles. The molecule has 1 aliphatic heterocycles. The Morgan fingerprint density at radius 3 is 2.92 bits per heavy atom. The van der Waals surface area contributed by atoms with Crippen molar-refractivity contribution < 1.29 is 9.53 Å². The van der Waals surface area contributed by atoms with Crippen LogP contribution in [0.5, 0.6) is 5.75 Å². The molecule has 1 aromatic rings. The first kappa shape index (κ1) is 20.1. The van der Waals surface area contributed by atoms with Gasteiger partial charge in [-0.2, -0.15) is 0 Å². The van der Waals surface area contributed by atoms with Crippen LogP contribution in [0.2, 0.25) is 0 Å². The number of carbonyl (C=O) groups excluding carboxylic acids is 1. The third kappa shape index (κ3) is 5.93. The van der Waals surface area contributed by atoms with E-state index in [1.54, 1.807) is 7.05 Å². The van der Waals surface area contributed by atoms with Gasteiger partial charge >= 0.3 is 0 Å². The summed E-state index contributed by atoms with van der Waals surface area (Å²) in [6.07, 6.45) is 1.85. The van der Waals surface area contributed by atoms with Gasteiger partial charge in [0.2, 0.25) is 5.91 Å². The van der Waals surface area contributed by atoms with E-state index in [1.807, 2.05) is 37.8 Å². The second-order valence-electron chi connectivity index (χ2n) is 6.90. The van der Waals surface area contributed by atoms with Crippen LogP contribution in [0.3, 0.4) is 0 Å². The third-order valence-electron chi connectivity index (χ3n) is 4.47. The minimum Gasteiger partial charge on any atom is -0.494 e. The van der Waals surface area contributed by atoms with Crippen LogP contribution in [0.1, 0.15) is 32.8 Å². The number of aliphatic imine (C=N–C) groups is 1. The number of benzene rings is 1. The Balaban J connectivity index is 1.76. The Morgan fingerprint density at radius 2 is 2.23 bits per heavy atom. The first-order valence-electron chi connectivity index (χ1n) is 9.51. The minimum atomic E-state index is 0.0543. The number of ether oxygens (including phenoxy) is 1. The van der Waals surface area contributed by atoms with Gasteiger partial charge in [-0.05, 0) is 37.5 Å². The highest BCUT2D eigenvalue weighted by atomic mass is 16.5. The molecule has 6 nitrogen and oxygen atoms in total. The van der Waals surface area contributed by atoms with Crippen molar-refractivity contribution in [2.75, 3.05) is 33.3 Å². The Kier molecular flexibility index (Phi) is 7.75. The van der Waals surface area contributed by atoms with Crippen molar-refractivity contribution in [1.29, 1.82) is 0 Å². The second-order valence-corrected chi connectivity index (χ2v) is 6.90. The number of likely N-dealkylation sites (tertiary alicyclic amines) is 1.